The third-order valence-corrected chi connectivity index (χ3v) is 0.839. The third-order valence-electron chi connectivity index (χ3n) is 0.839. The normalized spacial score (nSPS) is 7.45. The SMILES string of the molecule is C.C.CCC(=O)OCCOC. The van der Waals surface area contributed by atoms with Crippen LogP contribution in [0.15, 0.2) is 0 Å². The van der Waals surface area contributed by atoms with Crippen molar-refractivity contribution < 1.29 is 14.3 Å². The summed E-state index contributed by atoms with van der Waals surface area (Å²) in [5.74, 6) is -0.174. The van der Waals surface area contributed by atoms with E-state index in [1.165, 1.54) is 0 Å². The number of methoxy groups -OCH3 is 1. The average Bonchev–Trinajstić information content (AvgIpc) is 1.89. The Bertz CT molecular complexity index is 81.4. The number of hydrogen-bond donors (Lipinski definition) is 0. The second-order valence-corrected chi connectivity index (χ2v) is 1.57. The van der Waals surface area contributed by atoms with Gasteiger partial charge in [0.15, 0.2) is 0 Å². The summed E-state index contributed by atoms with van der Waals surface area (Å²) in [4.78, 5) is 10.4. The number of ether oxygens (including phenoxy) is 2. The molecule has 0 spiro atoms. The van der Waals surface area contributed by atoms with E-state index in [4.69, 9.17) is 0 Å². The van der Waals surface area contributed by atoms with Crippen molar-refractivity contribution in [1.29, 1.82) is 0 Å². The van der Waals surface area contributed by atoms with E-state index in [0.717, 1.165) is 0 Å². The van der Waals surface area contributed by atoms with Crippen molar-refractivity contribution in [1.82, 2.24) is 0 Å². The molecule has 0 aliphatic heterocycles. The van der Waals surface area contributed by atoms with Crippen LogP contribution in [0.1, 0.15) is 28.2 Å². The van der Waals surface area contributed by atoms with Gasteiger partial charge in [0.2, 0.25) is 0 Å². The Morgan fingerprint density at radius 3 is 2.18 bits per heavy atom. The van der Waals surface area contributed by atoms with Crippen LogP contribution in [0.4, 0.5) is 0 Å². The van der Waals surface area contributed by atoms with Crippen molar-refractivity contribution in [2.75, 3.05) is 20.3 Å². The highest BCUT2D eigenvalue weighted by molar-refractivity contribution is 5.68. The van der Waals surface area contributed by atoms with Crippen molar-refractivity contribution in [2.24, 2.45) is 0 Å². The van der Waals surface area contributed by atoms with Crippen LogP contribution >= 0.6 is 0 Å². The van der Waals surface area contributed by atoms with E-state index in [1.54, 1.807) is 14.0 Å². The molecule has 0 amide bonds. The second-order valence-electron chi connectivity index (χ2n) is 1.57. The predicted molar refractivity (Wildman–Crippen MR) is 46.6 cm³/mol. The zero-order chi connectivity index (χ0) is 7.11. The molecular weight excluding hydrogens is 144 g/mol. The summed E-state index contributed by atoms with van der Waals surface area (Å²) in [6, 6.07) is 0. The molecule has 0 aromatic rings. The molecule has 0 heterocycles. The molecule has 0 aliphatic rings. The van der Waals surface area contributed by atoms with E-state index in [-0.39, 0.29) is 20.8 Å². The van der Waals surface area contributed by atoms with Gasteiger partial charge in [0.05, 0.1) is 6.61 Å². The molecule has 3 heteroatoms. The lowest BCUT2D eigenvalue weighted by molar-refractivity contribution is -0.144. The Morgan fingerprint density at radius 1 is 1.27 bits per heavy atom. The fraction of sp³-hybridized carbons (Fsp3) is 0.875. The Balaban J connectivity index is -0.000000320. The number of carbonyl (C=O) groups excluding carboxylic acids is 1. The predicted octanol–water partition coefficient (Wildman–Crippen LogP) is 1.86. The molecule has 70 valence electrons. The van der Waals surface area contributed by atoms with Gasteiger partial charge in [0, 0.05) is 13.5 Å². The Kier molecular flexibility index (Phi) is 18.5. The van der Waals surface area contributed by atoms with Crippen LogP contribution in [0.3, 0.4) is 0 Å². The zero-order valence-corrected chi connectivity index (χ0v) is 5.85. The number of carbonyl (C=O) groups is 1. The molecule has 0 aliphatic carbocycles. The van der Waals surface area contributed by atoms with Crippen LogP contribution in [-0.2, 0) is 14.3 Å². The lowest BCUT2D eigenvalue weighted by Crippen LogP contribution is -2.07. The summed E-state index contributed by atoms with van der Waals surface area (Å²) < 4.78 is 9.33. The molecule has 0 saturated heterocycles. The first-order valence-corrected chi connectivity index (χ1v) is 2.95. The van der Waals surface area contributed by atoms with Gasteiger partial charge < -0.3 is 9.47 Å². The molecule has 3 nitrogen and oxygen atoms in total. The lowest BCUT2D eigenvalue weighted by atomic mass is 10.5. The average molecular weight is 164 g/mol. The first-order chi connectivity index (χ1) is 4.31. The van der Waals surface area contributed by atoms with Crippen molar-refractivity contribution in [3.05, 3.63) is 0 Å². The first-order valence-electron chi connectivity index (χ1n) is 2.95. The van der Waals surface area contributed by atoms with E-state index in [9.17, 15) is 4.79 Å². The highest BCUT2D eigenvalue weighted by atomic mass is 16.6. The van der Waals surface area contributed by atoms with Gasteiger partial charge in [0.1, 0.15) is 6.61 Å². The lowest BCUT2D eigenvalue weighted by Gasteiger charge is -1.99. The molecule has 0 aromatic heterocycles. The van der Waals surface area contributed by atoms with Crippen molar-refractivity contribution in [3.8, 4) is 0 Å². The summed E-state index contributed by atoms with van der Waals surface area (Å²) in [5.41, 5.74) is 0. The summed E-state index contributed by atoms with van der Waals surface area (Å²) in [6.45, 7) is 2.60. The van der Waals surface area contributed by atoms with E-state index in [2.05, 4.69) is 9.47 Å². The molecule has 0 atom stereocenters. The Labute approximate surface area is 69.7 Å². The Morgan fingerprint density at radius 2 is 1.82 bits per heavy atom. The van der Waals surface area contributed by atoms with Crippen LogP contribution in [-0.4, -0.2) is 26.3 Å². The van der Waals surface area contributed by atoms with Crippen molar-refractivity contribution in [3.63, 3.8) is 0 Å². The van der Waals surface area contributed by atoms with E-state index >= 15 is 0 Å². The minimum absolute atomic E-state index is 0. The molecule has 11 heavy (non-hydrogen) atoms. The van der Waals surface area contributed by atoms with Gasteiger partial charge in [-0.2, -0.15) is 0 Å². The molecule has 0 N–H and O–H groups in total. The third kappa shape index (κ3) is 12.6. The molecule has 0 rings (SSSR count). The van der Waals surface area contributed by atoms with Crippen LogP contribution in [0.2, 0.25) is 0 Å². The molecule has 0 radical (unpaired) electrons. The highest BCUT2D eigenvalue weighted by Crippen LogP contribution is 1.82. The van der Waals surface area contributed by atoms with Crippen LogP contribution in [0, 0.1) is 0 Å². The second kappa shape index (κ2) is 12.1. The fourth-order valence-electron chi connectivity index (χ4n) is 0.341. The maximum atomic E-state index is 10.4. The molecule has 0 unspecified atom stereocenters. The van der Waals surface area contributed by atoms with Gasteiger partial charge in [-0.3, -0.25) is 4.79 Å². The molecule has 0 fully saturated rings. The topological polar surface area (TPSA) is 35.5 Å². The number of esters is 1. The largest absolute Gasteiger partial charge is 0.463 e. The maximum absolute atomic E-state index is 10.4. The molecular formula is C8H20O3. The quantitative estimate of drug-likeness (QED) is 0.470. The van der Waals surface area contributed by atoms with E-state index < -0.39 is 0 Å². The van der Waals surface area contributed by atoms with Crippen LogP contribution in [0.25, 0.3) is 0 Å². The van der Waals surface area contributed by atoms with Gasteiger partial charge in [-0.1, -0.05) is 21.8 Å². The van der Waals surface area contributed by atoms with Crippen LogP contribution < -0.4 is 0 Å². The summed E-state index contributed by atoms with van der Waals surface area (Å²) >= 11 is 0. The van der Waals surface area contributed by atoms with Gasteiger partial charge in [-0.05, 0) is 0 Å². The molecule has 0 bridgehead atoms. The van der Waals surface area contributed by atoms with Gasteiger partial charge >= 0.3 is 5.97 Å². The van der Waals surface area contributed by atoms with Gasteiger partial charge in [-0.15, -0.1) is 0 Å². The van der Waals surface area contributed by atoms with Crippen LogP contribution in [0.5, 0.6) is 0 Å². The monoisotopic (exact) mass is 164 g/mol. The minimum atomic E-state index is -0.174. The number of rotatable bonds is 4. The van der Waals surface area contributed by atoms with E-state index in [0.29, 0.717) is 19.6 Å². The van der Waals surface area contributed by atoms with Crippen molar-refractivity contribution in [2.45, 2.75) is 28.2 Å². The molecule has 0 aromatic carbocycles. The number of hydrogen-bond acceptors (Lipinski definition) is 3. The zero-order valence-electron chi connectivity index (χ0n) is 5.85. The fourth-order valence-corrected chi connectivity index (χ4v) is 0.341. The van der Waals surface area contributed by atoms with Gasteiger partial charge in [0.25, 0.3) is 0 Å². The Hall–Kier alpha value is -0.570. The smallest absolute Gasteiger partial charge is 0.305 e. The standard InChI is InChI=1S/C6H12O3.2CH4/c1-3-6(7)9-5-4-8-2;;/h3-5H2,1-2H3;2*1H4. The summed E-state index contributed by atoms with van der Waals surface area (Å²) in [7, 11) is 1.57. The van der Waals surface area contributed by atoms with Crippen molar-refractivity contribution >= 4 is 5.97 Å². The summed E-state index contributed by atoms with van der Waals surface area (Å²) in [6.07, 6.45) is 0.434. The van der Waals surface area contributed by atoms with Gasteiger partial charge in [-0.25, -0.2) is 0 Å². The maximum Gasteiger partial charge on any atom is 0.305 e. The molecule has 0 saturated carbocycles. The highest BCUT2D eigenvalue weighted by Gasteiger charge is 1.94. The minimum Gasteiger partial charge on any atom is -0.463 e. The first kappa shape index (κ1) is 16.8. The summed E-state index contributed by atoms with van der Waals surface area (Å²) in [5, 5.41) is 0. The van der Waals surface area contributed by atoms with E-state index in [1.807, 2.05) is 0 Å².